The molecule has 11 heteroatoms. The Morgan fingerprint density at radius 1 is 0.796 bits per heavy atom. The number of nitrogens with zero attached hydrogens (tertiary/aromatic N) is 3. The summed E-state index contributed by atoms with van der Waals surface area (Å²) in [5.74, 6) is -0.493. The van der Waals surface area contributed by atoms with E-state index in [4.69, 9.17) is 0 Å². The van der Waals surface area contributed by atoms with Crippen LogP contribution < -0.4 is 10.6 Å². The quantitative estimate of drug-likeness (QED) is 0.0727. The number of H-pyrrole nitrogens is 1. The van der Waals surface area contributed by atoms with Crippen molar-refractivity contribution in [3.05, 3.63) is 53.0 Å². The molecule has 3 N–H and O–H groups in total. The summed E-state index contributed by atoms with van der Waals surface area (Å²) in [5, 5.41) is 17.7. The number of sulfone groups is 1. The predicted molar refractivity (Wildman–Crippen MR) is 199 cm³/mol. The number of aromatic amines is 1. The molecule has 0 bridgehead atoms. The van der Waals surface area contributed by atoms with Gasteiger partial charge < -0.3 is 10.6 Å². The second-order valence-corrected chi connectivity index (χ2v) is 16.1. The first-order chi connectivity index (χ1) is 23.6. The van der Waals surface area contributed by atoms with Crippen LogP contribution in [0.25, 0.3) is 5.65 Å². The van der Waals surface area contributed by atoms with E-state index in [1.165, 1.54) is 77.0 Å². The fraction of sp³-hybridized carbons (Fsp3) is 0.684. The third kappa shape index (κ3) is 15.1. The molecule has 2 aromatic heterocycles. The molecule has 2 atom stereocenters. The molecule has 0 fully saturated rings. The Balaban J connectivity index is 1.54. The maximum Gasteiger partial charge on any atom is 0.251 e. The third-order valence-electron chi connectivity index (χ3n) is 9.23. The van der Waals surface area contributed by atoms with Crippen molar-refractivity contribution in [3.63, 3.8) is 0 Å². The van der Waals surface area contributed by atoms with Gasteiger partial charge in [0.2, 0.25) is 5.91 Å². The lowest BCUT2D eigenvalue weighted by molar-refractivity contribution is -0.123. The summed E-state index contributed by atoms with van der Waals surface area (Å²) >= 11 is 0. The summed E-state index contributed by atoms with van der Waals surface area (Å²) < 4.78 is 25.9. The minimum atomic E-state index is -3.37. The van der Waals surface area contributed by atoms with Gasteiger partial charge in [-0.1, -0.05) is 122 Å². The highest BCUT2D eigenvalue weighted by Crippen LogP contribution is 2.21. The van der Waals surface area contributed by atoms with Crippen molar-refractivity contribution in [2.45, 2.75) is 155 Å². The average molecular weight is 699 g/mol. The van der Waals surface area contributed by atoms with E-state index in [0.717, 1.165) is 49.6 Å². The molecular weight excluding hydrogens is 637 g/mol. The number of aromatic nitrogens is 4. The minimum Gasteiger partial charge on any atom is -0.344 e. The number of aryl methyl sites for hydroxylation is 2. The van der Waals surface area contributed by atoms with Crippen LogP contribution in [0.4, 0.5) is 0 Å². The highest BCUT2D eigenvalue weighted by atomic mass is 32.2. The van der Waals surface area contributed by atoms with E-state index in [-0.39, 0.29) is 12.2 Å². The van der Waals surface area contributed by atoms with Gasteiger partial charge in [0.1, 0.15) is 15.9 Å². The van der Waals surface area contributed by atoms with Crippen molar-refractivity contribution in [1.29, 1.82) is 0 Å². The number of hydrogen-bond donors (Lipinski definition) is 3. The van der Waals surface area contributed by atoms with Gasteiger partial charge in [-0.15, -0.1) is 10.2 Å². The van der Waals surface area contributed by atoms with Crippen LogP contribution in [-0.2, 0) is 21.1 Å². The first-order valence-corrected chi connectivity index (χ1v) is 21.0. The summed E-state index contributed by atoms with van der Waals surface area (Å²) in [5.41, 5.74) is 3.12. The van der Waals surface area contributed by atoms with E-state index in [1.807, 2.05) is 31.2 Å². The van der Waals surface area contributed by atoms with Crippen LogP contribution >= 0.6 is 0 Å². The minimum absolute atomic E-state index is 0.0341. The van der Waals surface area contributed by atoms with Gasteiger partial charge >= 0.3 is 0 Å². The molecule has 10 nitrogen and oxygen atoms in total. The van der Waals surface area contributed by atoms with Gasteiger partial charge in [0.05, 0.1) is 11.8 Å². The molecule has 0 radical (unpaired) electrons. The second-order valence-electron chi connectivity index (χ2n) is 13.9. The number of unbranched alkanes of at least 4 members (excludes halogenated alkanes) is 14. The standard InChI is InChI=1S/C38H62N6O4S/c1-5-7-9-10-11-12-13-14-15-16-17-18-20-22-31-23-21-24-32(29-31)37(45)40-34(26-27-49(4,47)48)38(46)39-33(25-19-8-6-2)36-42-41-35-28-30(3)43-44(35)36/h21,23-24,28-29,33-34,43H,5-20,22,25-27H2,1-4H3,(H,39,46)(H,40,45). The maximum atomic E-state index is 13.7. The number of rotatable bonds is 26. The lowest BCUT2D eigenvalue weighted by Crippen LogP contribution is -2.48. The summed E-state index contributed by atoms with van der Waals surface area (Å²) in [6, 6.07) is 7.91. The number of hydrogen-bond acceptors (Lipinski definition) is 6. The zero-order valence-corrected chi connectivity index (χ0v) is 31.4. The largest absolute Gasteiger partial charge is 0.344 e. The van der Waals surface area contributed by atoms with Gasteiger partial charge in [0.15, 0.2) is 11.5 Å². The van der Waals surface area contributed by atoms with Crippen LogP contribution in [0.15, 0.2) is 30.3 Å². The molecule has 1 aromatic carbocycles. The molecule has 0 aliphatic rings. The van der Waals surface area contributed by atoms with Crippen molar-refractivity contribution < 1.29 is 18.0 Å². The Kier molecular flexibility index (Phi) is 17.9. The molecule has 274 valence electrons. The SMILES string of the molecule is CCCCCCCCCCCCCCCc1cccc(C(=O)NC(CCS(C)(=O)=O)C(=O)NC(CCCCC)c2nnc3cc(C)[nH]n23)c1. The van der Waals surface area contributed by atoms with E-state index in [9.17, 15) is 18.0 Å². The number of benzene rings is 1. The van der Waals surface area contributed by atoms with Crippen molar-refractivity contribution in [1.82, 2.24) is 30.4 Å². The van der Waals surface area contributed by atoms with Gasteiger partial charge in [0, 0.05) is 23.6 Å². The number of fused-ring (bicyclic) bond motifs is 1. The fourth-order valence-electron chi connectivity index (χ4n) is 6.34. The number of carbonyl (C=O) groups excluding carboxylic acids is 2. The summed E-state index contributed by atoms with van der Waals surface area (Å²) in [6.45, 7) is 6.30. The highest BCUT2D eigenvalue weighted by Gasteiger charge is 2.28. The van der Waals surface area contributed by atoms with Gasteiger partial charge in [-0.25, -0.2) is 12.9 Å². The zero-order valence-electron chi connectivity index (χ0n) is 30.6. The average Bonchev–Trinajstić information content (AvgIpc) is 3.63. The van der Waals surface area contributed by atoms with Crippen LogP contribution in [0.5, 0.6) is 0 Å². The molecule has 0 saturated carbocycles. The van der Waals surface area contributed by atoms with Crippen LogP contribution in [-0.4, -0.2) is 58.1 Å². The Morgan fingerprint density at radius 2 is 1.41 bits per heavy atom. The van der Waals surface area contributed by atoms with Gasteiger partial charge in [-0.05, 0) is 50.3 Å². The molecule has 0 spiro atoms. The van der Waals surface area contributed by atoms with Crippen molar-refractivity contribution in [3.8, 4) is 0 Å². The Bertz CT molecular complexity index is 1520. The normalized spacial score (nSPS) is 13.1. The molecule has 49 heavy (non-hydrogen) atoms. The number of nitrogens with one attached hydrogen (secondary N) is 3. The molecule has 3 rings (SSSR count). The summed E-state index contributed by atoms with van der Waals surface area (Å²) in [7, 11) is -3.37. The van der Waals surface area contributed by atoms with Crippen LogP contribution in [0, 0.1) is 6.92 Å². The van der Waals surface area contributed by atoms with E-state index < -0.39 is 33.7 Å². The topological polar surface area (TPSA) is 138 Å². The van der Waals surface area contributed by atoms with Gasteiger partial charge in [0.25, 0.3) is 5.91 Å². The molecule has 2 unspecified atom stereocenters. The number of carbonyl (C=O) groups is 2. The van der Waals surface area contributed by atoms with E-state index in [1.54, 1.807) is 10.6 Å². The molecule has 0 aliphatic carbocycles. The first kappa shape index (κ1) is 40.2. The molecule has 0 aliphatic heterocycles. The highest BCUT2D eigenvalue weighted by molar-refractivity contribution is 7.90. The zero-order chi connectivity index (χ0) is 35.5. The maximum absolute atomic E-state index is 13.7. The Morgan fingerprint density at radius 3 is 2.04 bits per heavy atom. The lowest BCUT2D eigenvalue weighted by Gasteiger charge is -2.23. The smallest absolute Gasteiger partial charge is 0.251 e. The molecular formula is C38H62N6O4S. The van der Waals surface area contributed by atoms with Crippen LogP contribution in [0.1, 0.15) is 163 Å². The van der Waals surface area contributed by atoms with Crippen LogP contribution in [0.2, 0.25) is 0 Å². The first-order valence-electron chi connectivity index (χ1n) is 18.9. The van der Waals surface area contributed by atoms with E-state index in [0.29, 0.717) is 23.5 Å². The Labute approximate surface area is 294 Å². The number of amides is 2. The second kappa shape index (κ2) is 21.8. The van der Waals surface area contributed by atoms with Crippen LogP contribution in [0.3, 0.4) is 0 Å². The van der Waals surface area contributed by atoms with Crippen molar-refractivity contribution in [2.75, 3.05) is 12.0 Å². The molecule has 2 heterocycles. The van der Waals surface area contributed by atoms with Crippen molar-refractivity contribution in [2.24, 2.45) is 0 Å². The van der Waals surface area contributed by atoms with Gasteiger partial charge in [-0.2, -0.15) is 0 Å². The Hall–Kier alpha value is -3.21. The van der Waals surface area contributed by atoms with Gasteiger partial charge in [-0.3, -0.25) is 14.7 Å². The third-order valence-corrected chi connectivity index (χ3v) is 10.2. The summed E-state index contributed by atoms with van der Waals surface area (Å²) in [4.78, 5) is 27.2. The monoisotopic (exact) mass is 698 g/mol. The molecule has 3 aromatic rings. The van der Waals surface area contributed by atoms with E-state index in [2.05, 4.69) is 39.8 Å². The lowest BCUT2D eigenvalue weighted by atomic mass is 10.0. The predicted octanol–water partition coefficient (Wildman–Crippen LogP) is 7.97. The van der Waals surface area contributed by atoms with Crippen molar-refractivity contribution >= 4 is 27.3 Å². The fourth-order valence-corrected chi connectivity index (χ4v) is 7.00. The van der Waals surface area contributed by atoms with E-state index >= 15 is 0 Å². The molecule has 0 saturated heterocycles. The summed E-state index contributed by atoms with van der Waals surface area (Å²) in [6.07, 6.45) is 22.4. The molecule has 2 amide bonds.